The topological polar surface area (TPSA) is 0 Å². The number of hydrogen-bond acceptors (Lipinski definition) is 0. The molecule has 0 bridgehead atoms. The van der Waals surface area contributed by atoms with Gasteiger partial charge in [-0.25, -0.2) is 0 Å². The van der Waals surface area contributed by atoms with E-state index >= 15 is 0 Å². The van der Waals surface area contributed by atoms with Crippen LogP contribution in [0.1, 0.15) is 27.7 Å². The monoisotopic (exact) mass is 231 g/mol. The maximum atomic E-state index is 5.95. The Labute approximate surface area is 79.5 Å². The molecule has 0 aliphatic heterocycles. The van der Waals surface area contributed by atoms with Crippen molar-refractivity contribution in [3.05, 3.63) is 22.3 Å². The Balaban J connectivity index is 3.04. The fraction of sp³-hybridized carbons (Fsp3) is 0.556. The molecule has 0 nitrogen and oxygen atoms in total. The predicted octanol–water partition coefficient (Wildman–Crippen LogP) is 3.32. The summed E-state index contributed by atoms with van der Waals surface area (Å²) in [5.74, 6) is 0. The van der Waals surface area contributed by atoms with Gasteiger partial charge < -0.3 is 0 Å². The van der Waals surface area contributed by atoms with Gasteiger partial charge in [0.2, 0.25) is 0 Å². The van der Waals surface area contributed by atoms with Gasteiger partial charge in [0.25, 0.3) is 0 Å². The van der Waals surface area contributed by atoms with Gasteiger partial charge in [-0.1, -0.05) is 0 Å². The first kappa shape index (κ1) is 9.42. The molecule has 0 heterocycles. The van der Waals surface area contributed by atoms with E-state index in [1.54, 1.807) is 0 Å². The molecule has 0 unspecified atom stereocenters. The molecule has 0 amide bonds. The van der Waals surface area contributed by atoms with Gasteiger partial charge in [0.1, 0.15) is 0 Å². The van der Waals surface area contributed by atoms with Crippen molar-refractivity contribution >= 4 is 24.8 Å². The van der Waals surface area contributed by atoms with Gasteiger partial charge in [0.15, 0.2) is 0 Å². The van der Waals surface area contributed by atoms with Crippen molar-refractivity contribution < 1.29 is 0 Å². The van der Waals surface area contributed by atoms with Crippen LogP contribution in [0.2, 0.25) is 4.71 Å². The molecule has 0 fully saturated rings. The molecule has 0 saturated heterocycles. The zero-order chi connectivity index (χ0) is 8.59. The van der Waals surface area contributed by atoms with Crippen LogP contribution in [0.4, 0.5) is 0 Å². The average molecular weight is 232 g/mol. The molecule has 0 aromatic heterocycles. The second-order valence-electron chi connectivity index (χ2n) is 3.12. The van der Waals surface area contributed by atoms with E-state index in [1.807, 2.05) is 0 Å². The van der Waals surface area contributed by atoms with Crippen LogP contribution in [0.5, 0.6) is 0 Å². The first-order valence-electron chi connectivity index (χ1n) is 3.75. The minimum absolute atomic E-state index is 0.0411. The van der Waals surface area contributed by atoms with Crippen molar-refractivity contribution in [2.45, 2.75) is 32.4 Å². The fourth-order valence-corrected chi connectivity index (χ4v) is 4.42. The van der Waals surface area contributed by atoms with Crippen molar-refractivity contribution in [1.82, 2.24) is 0 Å². The quantitative estimate of drug-likeness (QED) is 0.608. The molecule has 1 aliphatic rings. The van der Waals surface area contributed by atoms with Crippen molar-refractivity contribution in [1.29, 1.82) is 0 Å². The average Bonchev–Trinajstić information content (AvgIpc) is 2.17. The molecule has 1 radical (unpaired) electrons. The molecule has 0 N–H and O–H groups in total. The third-order valence-corrected chi connectivity index (χ3v) is 5.71. The molecule has 1 rings (SSSR count). The number of hydrogen-bond donors (Lipinski definition) is 0. The molecule has 0 aromatic rings. The molecule has 1 aliphatic carbocycles. The number of halogens is 1. The first-order valence-corrected chi connectivity index (χ1v) is 7.30. The molecule has 0 spiro atoms. The molecule has 0 saturated carbocycles. The van der Waals surface area contributed by atoms with Crippen LogP contribution >= 0.6 is 9.95 Å². The summed E-state index contributed by atoms with van der Waals surface area (Å²) in [6.07, 6.45) is 0. The molecule has 2 heteroatoms. The summed E-state index contributed by atoms with van der Waals surface area (Å²) in [6, 6.07) is 0. The van der Waals surface area contributed by atoms with Crippen LogP contribution in [0, 0.1) is 0 Å². The summed E-state index contributed by atoms with van der Waals surface area (Å²) in [5.41, 5.74) is 5.91. The third kappa shape index (κ3) is 1.44. The second kappa shape index (κ2) is 3.37. The normalized spacial score (nSPS) is 21.5. The van der Waals surface area contributed by atoms with Crippen molar-refractivity contribution in [3.8, 4) is 0 Å². The van der Waals surface area contributed by atoms with Gasteiger partial charge >= 0.3 is 79.5 Å². The zero-order valence-corrected chi connectivity index (χ0v) is 10.0. The summed E-state index contributed by atoms with van der Waals surface area (Å²) in [4.78, 5) is 0. The van der Waals surface area contributed by atoms with Crippen LogP contribution in [-0.2, 0) is 0 Å². The SMILES string of the molecule is CC1=C(C)C([As]Cl)C(C)=C1C. The van der Waals surface area contributed by atoms with Crippen molar-refractivity contribution in [3.63, 3.8) is 0 Å². The summed E-state index contributed by atoms with van der Waals surface area (Å²) >= 11 is -0.0411. The van der Waals surface area contributed by atoms with Crippen LogP contribution in [0.15, 0.2) is 22.3 Å². The van der Waals surface area contributed by atoms with Gasteiger partial charge in [0, 0.05) is 0 Å². The second-order valence-corrected chi connectivity index (χ2v) is 5.62. The third-order valence-electron chi connectivity index (χ3n) is 2.66. The molecule has 11 heavy (non-hydrogen) atoms. The molecular weight excluding hydrogens is 218 g/mol. The summed E-state index contributed by atoms with van der Waals surface area (Å²) in [7, 11) is 5.95. The van der Waals surface area contributed by atoms with E-state index in [9.17, 15) is 0 Å². The Morgan fingerprint density at radius 3 is 1.55 bits per heavy atom. The van der Waals surface area contributed by atoms with E-state index in [1.165, 1.54) is 22.3 Å². The Morgan fingerprint density at radius 1 is 1.00 bits per heavy atom. The molecule has 0 atom stereocenters. The van der Waals surface area contributed by atoms with Gasteiger partial charge in [-0.2, -0.15) is 0 Å². The minimum atomic E-state index is -0.0411. The van der Waals surface area contributed by atoms with Crippen LogP contribution in [-0.4, -0.2) is 14.8 Å². The standard InChI is InChI=1S/C9H13AsCl/c1-5-6(2)8(4)9(10-11)7(5)3/h9H,1-4H3. The Hall–Kier alpha value is 0.328. The molecule has 61 valence electrons. The first-order chi connectivity index (χ1) is 5.09. The predicted molar refractivity (Wildman–Crippen MR) is 52.1 cm³/mol. The molecular formula is C9H13AsCl. The van der Waals surface area contributed by atoms with Gasteiger partial charge in [-0.15, -0.1) is 0 Å². The number of rotatable bonds is 1. The zero-order valence-electron chi connectivity index (χ0n) is 7.40. The van der Waals surface area contributed by atoms with Gasteiger partial charge in [-0.05, 0) is 0 Å². The maximum absolute atomic E-state index is 5.95. The fourth-order valence-electron chi connectivity index (χ4n) is 1.47. The number of allylic oxidation sites excluding steroid dienone is 4. The Kier molecular flexibility index (Phi) is 2.89. The Morgan fingerprint density at radius 2 is 1.36 bits per heavy atom. The van der Waals surface area contributed by atoms with E-state index in [-0.39, 0.29) is 14.8 Å². The summed E-state index contributed by atoms with van der Waals surface area (Å²) < 4.78 is 0.605. The Bertz CT molecular complexity index is 214. The van der Waals surface area contributed by atoms with Crippen molar-refractivity contribution in [2.24, 2.45) is 0 Å². The van der Waals surface area contributed by atoms with E-state index < -0.39 is 0 Å². The summed E-state index contributed by atoms with van der Waals surface area (Å²) in [5, 5.41) is 0. The summed E-state index contributed by atoms with van der Waals surface area (Å²) in [6.45, 7) is 8.81. The van der Waals surface area contributed by atoms with Crippen LogP contribution < -0.4 is 0 Å². The van der Waals surface area contributed by atoms with E-state index in [4.69, 9.17) is 9.95 Å². The molecule has 0 aromatic carbocycles. The van der Waals surface area contributed by atoms with E-state index in [2.05, 4.69) is 27.7 Å². The van der Waals surface area contributed by atoms with E-state index in [0.717, 1.165) is 0 Å². The van der Waals surface area contributed by atoms with Gasteiger partial charge in [-0.3, -0.25) is 0 Å². The van der Waals surface area contributed by atoms with Crippen LogP contribution in [0.25, 0.3) is 0 Å². The van der Waals surface area contributed by atoms with Crippen LogP contribution in [0.3, 0.4) is 0 Å². The van der Waals surface area contributed by atoms with Crippen molar-refractivity contribution in [2.75, 3.05) is 0 Å². The van der Waals surface area contributed by atoms with E-state index in [0.29, 0.717) is 4.71 Å². The van der Waals surface area contributed by atoms with Gasteiger partial charge in [0.05, 0.1) is 0 Å².